The molecule has 1 aromatic carbocycles. The Labute approximate surface area is 132 Å². The second-order valence-corrected chi connectivity index (χ2v) is 5.13. The highest BCUT2D eigenvalue weighted by Gasteiger charge is 2.18. The van der Waals surface area contributed by atoms with Gasteiger partial charge in [-0.2, -0.15) is 5.10 Å². The van der Waals surface area contributed by atoms with Gasteiger partial charge in [0.15, 0.2) is 11.2 Å². The van der Waals surface area contributed by atoms with Crippen molar-refractivity contribution < 1.29 is 9.21 Å². The van der Waals surface area contributed by atoms with Crippen molar-refractivity contribution in [2.45, 2.75) is 13.5 Å². The monoisotopic (exact) mass is 311 g/mol. The molecule has 0 fully saturated rings. The minimum atomic E-state index is -0.289. The molecule has 118 valence electrons. The van der Waals surface area contributed by atoms with E-state index in [1.54, 1.807) is 40.0 Å². The van der Waals surface area contributed by atoms with Gasteiger partial charge in [0, 0.05) is 31.5 Å². The Balaban J connectivity index is 1.84. The first kappa shape index (κ1) is 15.0. The SMILES string of the molecule is CCN(CCn1cccn1)C(=O)c1cc(=O)c2ccccc2o1. The van der Waals surface area contributed by atoms with E-state index in [-0.39, 0.29) is 17.1 Å². The van der Waals surface area contributed by atoms with Crippen LogP contribution in [0.4, 0.5) is 0 Å². The largest absolute Gasteiger partial charge is 0.451 e. The molecule has 0 saturated carbocycles. The summed E-state index contributed by atoms with van der Waals surface area (Å²) in [7, 11) is 0. The first-order chi connectivity index (χ1) is 11.2. The zero-order valence-corrected chi connectivity index (χ0v) is 12.8. The Morgan fingerprint density at radius 1 is 1.30 bits per heavy atom. The standard InChI is InChI=1S/C17H17N3O3/c1-2-19(10-11-20-9-5-8-18-20)17(22)16-12-14(21)13-6-3-4-7-15(13)23-16/h3-9,12H,2,10-11H2,1H3. The van der Waals surface area contributed by atoms with E-state index < -0.39 is 0 Å². The second-order valence-electron chi connectivity index (χ2n) is 5.13. The first-order valence-corrected chi connectivity index (χ1v) is 7.48. The smallest absolute Gasteiger partial charge is 0.289 e. The van der Waals surface area contributed by atoms with Crippen molar-refractivity contribution in [2.24, 2.45) is 0 Å². The molecule has 0 aliphatic rings. The van der Waals surface area contributed by atoms with E-state index in [4.69, 9.17) is 4.42 Å². The van der Waals surface area contributed by atoms with Crippen molar-refractivity contribution in [1.82, 2.24) is 14.7 Å². The molecular weight excluding hydrogens is 294 g/mol. The maximum Gasteiger partial charge on any atom is 0.289 e. The second kappa shape index (κ2) is 6.48. The molecule has 6 nitrogen and oxygen atoms in total. The van der Waals surface area contributed by atoms with Crippen LogP contribution >= 0.6 is 0 Å². The van der Waals surface area contributed by atoms with E-state index in [1.165, 1.54) is 6.07 Å². The van der Waals surface area contributed by atoms with Crippen molar-refractivity contribution in [1.29, 1.82) is 0 Å². The highest BCUT2D eigenvalue weighted by atomic mass is 16.3. The number of amides is 1. The van der Waals surface area contributed by atoms with E-state index >= 15 is 0 Å². The molecule has 0 aliphatic heterocycles. The summed E-state index contributed by atoms with van der Waals surface area (Å²) in [6.45, 7) is 3.49. The summed E-state index contributed by atoms with van der Waals surface area (Å²) >= 11 is 0. The van der Waals surface area contributed by atoms with Gasteiger partial charge in [0.2, 0.25) is 0 Å². The van der Waals surface area contributed by atoms with Crippen LogP contribution in [-0.2, 0) is 6.54 Å². The molecule has 0 aliphatic carbocycles. The van der Waals surface area contributed by atoms with E-state index in [0.717, 1.165) is 0 Å². The van der Waals surface area contributed by atoms with Crippen LogP contribution in [0.15, 0.2) is 58.0 Å². The molecular formula is C17H17N3O3. The van der Waals surface area contributed by atoms with Crippen LogP contribution < -0.4 is 5.43 Å². The van der Waals surface area contributed by atoms with Crippen LogP contribution in [0.25, 0.3) is 11.0 Å². The van der Waals surface area contributed by atoms with E-state index in [2.05, 4.69) is 5.10 Å². The molecule has 0 N–H and O–H groups in total. The predicted octanol–water partition coefficient (Wildman–Crippen LogP) is 2.15. The molecule has 0 unspecified atom stereocenters. The number of benzene rings is 1. The fourth-order valence-electron chi connectivity index (χ4n) is 2.42. The van der Waals surface area contributed by atoms with Gasteiger partial charge >= 0.3 is 0 Å². The van der Waals surface area contributed by atoms with Gasteiger partial charge in [-0.15, -0.1) is 0 Å². The number of aromatic nitrogens is 2. The molecule has 6 heteroatoms. The van der Waals surface area contributed by atoms with Gasteiger partial charge in [-0.05, 0) is 25.1 Å². The van der Waals surface area contributed by atoms with E-state index in [9.17, 15) is 9.59 Å². The van der Waals surface area contributed by atoms with Crippen LogP contribution in [-0.4, -0.2) is 33.7 Å². The Morgan fingerprint density at radius 3 is 2.87 bits per heavy atom. The minimum absolute atomic E-state index is 0.0658. The van der Waals surface area contributed by atoms with Crippen molar-refractivity contribution >= 4 is 16.9 Å². The minimum Gasteiger partial charge on any atom is -0.451 e. The molecule has 23 heavy (non-hydrogen) atoms. The molecule has 0 spiro atoms. The Hall–Kier alpha value is -2.89. The van der Waals surface area contributed by atoms with Crippen molar-refractivity contribution in [3.63, 3.8) is 0 Å². The summed E-state index contributed by atoms with van der Waals surface area (Å²) in [6.07, 6.45) is 3.54. The normalized spacial score (nSPS) is 10.8. The molecule has 2 aromatic heterocycles. The molecule has 3 aromatic rings. The van der Waals surface area contributed by atoms with Crippen LogP contribution in [0.2, 0.25) is 0 Å². The van der Waals surface area contributed by atoms with Crippen molar-refractivity contribution in [2.75, 3.05) is 13.1 Å². The van der Waals surface area contributed by atoms with E-state index in [1.807, 2.05) is 19.2 Å². The molecule has 1 amide bonds. The average molecular weight is 311 g/mol. The van der Waals surface area contributed by atoms with Gasteiger partial charge in [0.25, 0.3) is 5.91 Å². The average Bonchev–Trinajstić information content (AvgIpc) is 3.08. The number of carbonyl (C=O) groups is 1. The first-order valence-electron chi connectivity index (χ1n) is 7.48. The van der Waals surface area contributed by atoms with E-state index in [0.29, 0.717) is 30.6 Å². The quantitative estimate of drug-likeness (QED) is 0.724. The zero-order chi connectivity index (χ0) is 16.2. The van der Waals surface area contributed by atoms with Crippen molar-refractivity contribution in [3.05, 3.63) is 64.8 Å². The fourth-order valence-corrected chi connectivity index (χ4v) is 2.42. The van der Waals surface area contributed by atoms with Crippen LogP contribution in [0.3, 0.4) is 0 Å². The topological polar surface area (TPSA) is 68.3 Å². The lowest BCUT2D eigenvalue weighted by Gasteiger charge is -2.20. The lowest BCUT2D eigenvalue weighted by molar-refractivity contribution is 0.0726. The van der Waals surface area contributed by atoms with Gasteiger partial charge in [-0.25, -0.2) is 0 Å². The summed E-state index contributed by atoms with van der Waals surface area (Å²) < 4.78 is 7.37. The van der Waals surface area contributed by atoms with Gasteiger partial charge in [-0.1, -0.05) is 12.1 Å². The van der Waals surface area contributed by atoms with Gasteiger partial charge in [0.1, 0.15) is 5.58 Å². The highest BCUT2D eigenvalue weighted by Crippen LogP contribution is 2.13. The predicted molar refractivity (Wildman–Crippen MR) is 86.3 cm³/mol. The summed E-state index contributed by atoms with van der Waals surface area (Å²) in [4.78, 5) is 26.3. The summed E-state index contributed by atoms with van der Waals surface area (Å²) in [6, 6.07) is 10.0. The highest BCUT2D eigenvalue weighted by molar-refractivity contribution is 5.93. The number of fused-ring (bicyclic) bond motifs is 1. The maximum absolute atomic E-state index is 12.6. The van der Waals surface area contributed by atoms with Crippen LogP contribution in [0.5, 0.6) is 0 Å². The number of carbonyl (C=O) groups excluding carboxylic acids is 1. The lowest BCUT2D eigenvalue weighted by Crippen LogP contribution is -2.34. The number of likely N-dealkylation sites (N-methyl/N-ethyl adjacent to an activating group) is 1. The van der Waals surface area contributed by atoms with Gasteiger partial charge in [-0.3, -0.25) is 14.3 Å². The molecule has 0 bridgehead atoms. The van der Waals surface area contributed by atoms with Crippen molar-refractivity contribution in [3.8, 4) is 0 Å². The molecule has 0 atom stereocenters. The zero-order valence-electron chi connectivity index (χ0n) is 12.8. The third-order valence-electron chi connectivity index (χ3n) is 3.67. The summed E-state index contributed by atoms with van der Waals surface area (Å²) in [5.74, 6) is -0.224. The molecule has 3 rings (SSSR count). The summed E-state index contributed by atoms with van der Waals surface area (Å²) in [5, 5.41) is 4.59. The summed E-state index contributed by atoms with van der Waals surface area (Å²) in [5.41, 5.74) is 0.213. The number of nitrogens with zero attached hydrogens (tertiary/aromatic N) is 3. The van der Waals surface area contributed by atoms with Gasteiger partial charge in [0.05, 0.1) is 11.9 Å². The molecule has 0 saturated heterocycles. The third kappa shape index (κ3) is 3.15. The number of hydrogen-bond acceptors (Lipinski definition) is 4. The molecule has 2 heterocycles. The maximum atomic E-state index is 12.6. The Kier molecular flexibility index (Phi) is 4.23. The lowest BCUT2D eigenvalue weighted by atomic mass is 10.2. The number of rotatable bonds is 5. The molecule has 0 radical (unpaired) electrons. The third-order valence-corrected chi connectivity index (χ3v) is 3.67. The van der Waals surface area contributed by atoms with Crippen LogP contribution in [0, 0.1) is 0 Å². The fraction of sp³-hybridized carbons (Fsp3) is 0.235. The number of para-hydroxylation sites is 1. The Bertz CT molecular complexity index is 868. The van der Waals surface area contributed by atoms with Crippen LogP contribution in [0.1, 0.15) is 17.5 Å². The number of hydrogen-bond donors (Lipinski definition) is 0. The van der Waals surface area contributed by atoms with Gasteiger partial charge < -0.3 is 9.32 Å². The Morgan fingerprint density at radius 2 is 2.13 bits per heavy atom.